The van der Waals surface area contributed by atoms with Gasteiger partial charge in [-0.15, -0.1) is 23.2 Å². The van der Waals surface area contributed by atoms with E-state index in [0.29, 0.717) is 60.7 Å². The van der Waals surface area contributed by atoms with Crippen molar-refractivity contribution in [1.29, 1.82) is 0 Å². The predicted molar refractivity (Wildman–Crippen MR) is 173 cm³/mol. The zero-order chi connectivity index (χ0) is 30.9. The van der Waals surface area contributed by atoms with Crippen molar-refractivity contribution in [2.45, 2.75) is 97.6 Å². The molecule has 8 heteroatoms. The van der Waals surface area contributed by atoms with Crippen LogP contribution in [-0.4, -0.2) is 54.7 Å². The van der Waals surface area contributed by atoms with E-state index < -0.39 is 6.04 Å². The van der Waals surface area contributed by atoms with E-state index >= 15 is 0 Å². The number of fused-ring (bicyclic) bond motifs is 5. The Morgan fingerprint density at radius 3 is 2.33 bits per heavy atom. The summed E-state index contributed by atoms with van der Waals surface area (Å²) in [5.41, 5.74) is 2.18. The average molecular weight is 634 g/mol. The molecule has 0 spiro atoms. The maximum atomic E-state index is 13.7. The van der Waals surface area contributed by atoms with Gasteiger partial charge in [-0.2, -0.15) is 0 Å². The SMILES string of the molecule is CC(=O)N[C@@H](Cc1ccc(N(CCCl)CCCl)cc1)C(=O)O[C@@H]1CC[C@@H]2[C@H]3CC[C@H]4CC(=O)[C@@H](C)C[C@]4(C)[C@@H]3CC[C@@]21C. The highest BCUT2D eigenvalue weighted by Crippen LogP contribution is 2.66. The average Bonchev–Trinajstić information content (AvgIpc) is 3.29. The molecule has 1 N–H and O–H groups in total. The minimum atomic E-state index is -0.736. The van der Waals surface area contributed by atoms with Crippen molar-refractivity contribution in [3.8, 4) is 0 Å². The van der Waals surface area contributed by atoms with Crippen LogP contribution in [0.3, 0.4) is 0 Å². The van der Waals surface area contributed by atoms with Crippen molar-refractivity contribution >= 4 is 46.5 Å². The van der Waals surface area contributed by atoms with Crippen LogP contribution < -0.4 is 10.2 Å². The van der Waals surface area contributed by atoms with Crippen molar-refractivity contribution in [2.75, 3.05) is 29.7 Å². The van der Waals surface area contributed by atoms with Crippen LogP contribution in [0, 0.1) is 40.4 Å². The minimum absolute atomic E-state index is 0.0488. The summed E-state index contributed by atoms with van der Waals surface area (Å²) < 4.78 is 6.35. The number of carbonyl (C=O) groups excluding carboxylic acids is 3. The molecule has 9 atom stereocenters. The third kappa shape index (κ3) is 6.48. The Bertz CT molecular complexity index is 1170. The number of esters is 1. The van der Waals surface area contributed by atoms with E-state index in [4.69, 9.17) is 27.9 Å². The monoisotopic (exact) mass is 632 g/mol. The number of hydrogen-bond acceptors (Lipinski definition) is 5. The highest BCUT2D eigenvalue weighted by atomic mass is 35.5. The number of Topliss-reactive ketones (excluding diaryl/α,β-unsaturated/α-hetero) is 1. The molecule has 238 valence electrons. The van der Waals surface area contributed by atoms with Crippen LogP contribution in [0.5, 0.6) is 0 Å². The Morgan fingerprint density at radius 2 is 1.67 bits per heavy atom. The molecule has 5 rings (SSSR count). The lowest BCUT2D eigenvalue weighted by Crippen LogP contribution is -2.55. The van der Waals surface area contributed by atoms with Crippen LogP contribution in [0.1, 0.15) is 84.6 Å². The molecule has 0 aliphatic heterocycles. The number of anilines is 1. The number of benzene rings is 1. The van der Waals surface area contributed by atoms with Crippen molar-refractivity contribution in [3.63, 3.8) is 0 Å². The van der Waals surface area contributed by atoms with Gasteiger partial charge in [0.05, 0.1) is 0 Å². The van der Waals surface area contributed by atoms with E-state index in [-0.39, 0.29) is 34.7 Å². The van der Waals surface area contributed by atoms with Crippen LogP contribution >= 0.6 is 23.2 Å². The first kappa shape index (κ1) is 32.6. The molecular weight excluding hydrogens is 583 g/mol. The molecule has 4 fully saturated rings. The number of ether oxygens (including phenoxy) is 1. The highest BCUT2D eigenvalue weighted by Gasteiger charge is 2.61. The third-order valence-electron chi connectivity index (χ3n) is 12.1. The molecule has 0 unspecified atom stereocenters. The molecule has 0 saturated heterocycles. The molecule has 43 heavy (non-hydrogen) atoms. The first-order chi connectivity index (χ1) is 20.5. The number of nitrogens with one attached hydrogen (secondary N) is 1. The lowest BCUT2D eigenvalue weighted by molar-refractivity contribution is -0.168. The van der Waals surface area contributed by atoms with Crippen molar-refractivity contribution in [2.24, 2.45) is 40.4 Å². The van der Waals surface area contributed by atoms with Gasteiger partial charge in [-0.3, -0.25) is 9.59 Å². The Balaban J connectivity index is 1.26. The molecule has 4 saturated carbocycles. The summed E-state index contributed by atoms with van der Waals surface area (Å²) in [7, 11) is 0. The maximum Gasteiger partial charge on any atom is 0.329 e. The van der Waals surface area contributed by atoms with Crippen LogP contribution in [0.15, 0.2) is 24.3 Å². The Morgan fingerprint density at radius 1 is 1.00 bits per heavy atom. The third-order valence-corrected chi connectivity index (χ3v) is 12.4. The lowest BCUT2D eigenvalue weighted by atomic mass is 9.44. The number of rotatable bonds is 10. The molecule has 0 heterocycles. The number of amides is 1. The van der Waals surface area contributed by atoms with E-state index in [0.717, 1.165) is 56.2 Å². The van der Waals surface area contributed by atoms with Crippen molar-refractivity contribution in [1.82, 2.24) is 5.32 Å². The zero-order valence-electron chi connectivity index (χ0n) is 26.4. The zero-order valence-corrected chi connectivity index (χ0v) is 27.9. The van der Waals surface area contributed by atoms with E-state index in [1.807, 2.05) is 24.3 Å². The van der Waals surface area contributed by atoms with Gasteiger partial charge in [-0.1, -0.05) is 32.9 Å². The predicted octanol–water partition coefficient (Wildman–Crippen LogP) is 6.79. The van der Waals surface area contributed by atoms with Gasteiger partial charge in [0.2, 0.25) is 5.91 Å². The second-order valence-electron chi connectivity index (χ2n) is 14.5. The second kappa shape index (κ2) is 13.3. The Kier molecular flexibility index (Phi) is 10.1. The number of hydrogen-bond donors (Lipinski definition) is 1. The fourth-order valence-corrected chi connectivity index (χ4v) is 10.3. The number of halogens is 2. The van der Waals surface area contributed by atoms with Crippen LogP contribution in [-0.2, 0) is 25.5 Å². The quantitative estimate of drug-likeness (QED) is 0.227. The molecule has 6 nitrogen and oxygen atoms in total. The molecule has 1 amide bonds. The molecule has 0 aromatic heterocycles. The summed E-state index contributed by atoms with van der Waals surface area (Å²) >= 11 is 12.0. The molecule has 0 radical (unpaired) electrons. The second-order valence-corrected chi connectivity index (χ2v) is 15.2. The topological polar surface area (TPSA) is 75.7 Å². The Hall–Kier alpha value is -1.79. The van der Waals surface area contributed by atoms with Crippen molar-refractivity contribution < 1.29 is 19.1 Å². The first-order valence-electron chi connectivity index (χ1n) is 16.5. The van der Waals surface area contributed by atoms with Gasteiger partial charge in [0, 0.05) is 61.6 Å². The highest BCUT2D eigenvalue weighted by molar-refractivity contribution is 6.18. The smallest absolute Gasteiger partial charge is 0.329 e. The van der Waals surface area contributed by atoms with Crippen molar-refractivity contribution in [3.05, 3.63) is 29.8 Å². The van der Waals surface area contributed by atoms with Gasteiger partial charge in [0.1, 0.15) is 17.9 Å². The molecular formula is C35H50Cl2N2O4. The van der Waals surface area contributed by atoms with Crippen LogP contribution in [0.25, 0.3) is 0 Å². The largest absolute Gasteiger partial charge is 0.460 e. The lowest BCUT2D eigenvalue weighted by Gasteiger charge is -2.60. The molecule has 4 aliphatic carbocycles. The summed E-state index contributed by atoms with van der Waals surface area (Å²) in [6, 6.07) is 7.29. The molecule has 1 aromatic rings. The van der Waals surface area contributed by atoms with Gasteiger partial charge < -0.3 is 15.0 Å². The summed E-state index contributed by atoms with van der Waals surface area (Å²) in [6.45, 7) is 9.81. The standard InChI is InChI=1S/C35H50Cl2N2O4/c1-22-21-35(4)25(20-31(22)41)7-10-27-28-11-12-32(34(28,3)14-13-29(27)35)43-33(42)30(38-23(2)40)19-24-5-8-26(9-6-24)39(17-15-36)18-16-37/h5-6,8-9,22,25,27-30,32H,7,10-21H2,1-4H3,(H,38,40)/t22-,25-,27+,28+,29+,30-,32+,34-,35-/m0/s1. The fraction of sp³-hybridized carbons (Fsp3) is 0.743. The van der Waals surface area contributed by atoms with Gasteiger partial charge >= 0.3 is 5.97 Å². The molecule has 1 aromatic carbocycles. The summed E-state index contributed by atoms with van der Waals surface area (Å²) in [5.74, 6) is 3.40. The van der Waals surface area contributed by atoms with Gasteiger partial charge in [-0.25, -0.2) is 4.79 Å². The van der Waals surface area contributed by atoms with Crippen LogP contribution in [0.4, 0.5) is 5.69 Å². The summed E-state index contributed by atoms with van der Waals surface area (Å²) in [6.07, 6.45) is 8.50. The van der Waals surface area contributed by atoms with E-state index in [1.165, 1.54) is 13.3 Å². The fourth-order valence-electron chi connectivity index (χ4n) is 9.86. The van der Waals surface area contributed by atoms with E-state index in [2.05, 4.69) is 31.0 Å². The number of alkyl halides is 2. The number of ketones is 1. The minimum Gasteiger partial charge on any atom is -0.460 e. The van der Waals surface area contributed by atoms with E-state index in [9.17, 15) is 14.4 Å². The van der Waals surface area contributed by atoms with Gasteiger partial charge in [0.25, 0.3) is 0 Å². The van der Waals surface area contributed by atoms with Gasteiger partial charge in [-0.05, 0) is 91.7 Å². The van der Waals surface area contributed by atoms with Crippen LogP contribution in [0.2, 0.25) is 0 Å². The molecule has 4 aliphatic rings. The van der Waals surface area contributed by atoms with Gasteiger partial charge in [0.15, 0.2) is 0 Å². The summed E-state index contributed by atoms with van der Waals surface area (Å²) in [4.78, 5) is 40.5. The first-order valence-corrected chi connectivity index (χ1v) is 17.5. The molecule has 0 bridgehead atoms. The number of carbonyl (C=O) groups is 3. The number of nitrogens with zero attached hydrogens (tertiary/aromatic N) is 1. The van der Waals surface area contributed by atoms with E-state index in [1.54, 1.807) is 0 Å². The normalized spacial score (nSPS) is 35.7. The maximum absolute atomic E-state index is 13.7. The summed E-state index contributed by atoms with van der Waals surface area (Å²) in [5, 5.41) is 2.87. The Labute approximate surface area is 268 Å².